The molecule has 0 aliphatic carbocycles. The van der Waals surface area contributed by atoms with Crippen molar-refractivity contribution in [2.75, 3.05) is 25.1 Å². The van der Waals surface area contributed by atoms with Gasteiger partial charge < -0.3 is 19.7 Å². The zero-order valence-electron chi connectivity index (χ0n) is 19.5. The van der Waals surface area contributed by atoms with Gasteiger partial charge in [-0.1, -0.05) is 24.3 Å². The Balaban J connectivity index is 1.44. The van der Waals surface area contributed by atoms with E-state index in [9.17, 15) is 9.59 Å². The van der Waals surface area contributed by atoms with E-state index < -0.39 is 0 Å². The van der Waals surface area contributed by atoms with Crippen molar-refractivity contribution in [2.45, 2.75) is 26.8 Å². The van der Waals surface area contributed by atoms with Gasteiger partial charge in [0.25, 0.3) is 5.91 Å². The van der Waals surface area contributed by atoms with Gasteiger partial charge >= 0.3 is 6.09 Å². The highest BCUT2D eigenvalue weighted by atomic mass is 32.1. The van der Waals surface area contributed by atoms with Crippen molar-refractivity contribution >= 4 is 49.9 Å². The van der Waals surface area contributed by atoms with Crippen molar-refractivity contribution in [3.05, 3.63) is 64.5 Å². The number of nitrogens with one attached hydrogen (secondary N) is 1. The van der Waals surface area contributed by atoms with E-state index in [0.29, 0.717) is 31.9 Å². The number of aryl methyl sites for hydroxylation is 1. The molecule has 0 saturated heterocycles. The van der Waals surface area contributed by atoms with E-state index in [2.05, 4.69) is 5.32 Å². The number of carbonyl (C=O) groups is 2. The molecule has 3 heterocycles. The fourth-order valence-electron chi connectivity index (χ4n) is 4.08. The number of fused-ring (bicyclic) bond motifs is 2. The lowest BCUT2D eigenvalue weighted by atomic mass is 10.0. The van der Waals surface area contributed by atoms with E-state index in [-0.39, 0.29) is 18.6 Å². The fraction of sp³-hybridized carbons (Fsp3) is 0.269. The van der Waals surface area contributed by atoms with E-state index in [1.807, 2.05) is 55.5 Å². The summed E-state index contributed by atoms with van der Waals surface area (Å²) in [4.78, 5) is 32.8. The molecule has 7 nitrogen and oxygen atoms in total. The van der Waals surface area contributed by atoms with Gasteiger partial charge in [0.15, 0.2) is 6.61 Å². The lowest BCUT2D eigenvalue weighted by molar-refractivity contribution is -0.118. The van der Waals surface area contributed by atoms with Crippen molar-refractivity contribution in [3.8, 4) is 16.3 Å². The zero-order valence-corrected chi connectivity index (χ0v) is 21.1. The Morgan fingerprint density at radius 2 is 2.00 bits per heavy atom. The number of nitrogens with zero attached hydrogens (tertiary/aromatic N) is 2. The van der Waals surface area contributed by atoms with Crippen LogP contribution in [-0.2, 0) is 22.5 Å². The van der Waals surface area contributed by atoms with Crippen LogP contribution in [0.3, 0.4) is 0 Å². The van der Waals surface area contributed by atoms with Crippen LogP contribution in [0.5, 0.6) is 5.75 Å². The second-order valence-electron chi connectivity index (χ2n) is 8.22. The van der Waals surface area contributed by atoms with Gasteiger partial charge in [-0.05, 0) is 55.7 Å². The molecule has 0 bridgehead atoms. The van der Waals surface area contributed by atoms with Crippen molar-refractivity contribution in [1.82, 2.24) is 9.88 Å². The maximum absolute atomic E-state index is 12.9. The van der Waals surface area contributed by atoms with Crippen molar-refractivity contribution in [2.24, 2.45) is 0 Å². The second-order valence-corrected chi connectivity index (χ2v) is 10.4. The summed E-state index contributed by atoms with van der Waals surface area (Å²) in [5, 5.41) is 4.65. The standard InChI is InChI=1S/C26H25N3O4S2/c1-3-32-26(31)29-12-11-18-21(14-29)35-25(23(18)24-27-19-9-4-5-10-20(19)34-24)28-22(30)15-33-17-8-6-7-16(2)13-17/h4-10,13H,3,11-12,14-15H2,1-2H3,(H,28,30). The number of rotatable bonds is 6. The highest BCUT2D eigenvalue weighted by molar-refractivity contribution is 7.22. The minimum Gasteiger partial charge on any atom is -0.484 e. The first kappa shape index (κ1) is 23.3. The maximum atomic E-state index is 12.9. The summed E-state index contributed by atoms with van der Waals surface area (Å²) < 4.78 is 12.0. The van der Waals surface area contributed by atoms with Crippen molar-refractivity contribution < 1.29 is 19.1 Å². The maximum Gasteiger partial charge on any atom is 0.410 e. The predicted octanol–water partition coefficient (Wildman–Crippen LogP) is 5.87. The van der Waals surface area contributed by atoms with Crippen molar-refractivity contribution in [1.29, 1.82) is 0 Å². The Hall–Kier alpha value is -3.43. The molecule has 1 N–H and O–H groups in total. The minimum atomic E-state index is -0.315. The van der Waals surface area contributed by atoms with E-state index in [1.165, 1.54) is 11.3 Å². The van der Waals surface area contributed by atoms with Crippen LogP contribution in [-0.4, -0.2) is 41.6 Å². The molecule has 0 saturated carbocycles. The molecule has 2 aromatic carbocycles. The van der Waals surface area contributed by atoms with Crippen LogP contribution in [0.2, 0.25) is 0 Å². The predicted molar refractivity (Wildman–Crippen MR) is 139 cm³/mol. The summed E-state index contributed by atoms with van der Waals surface area (Å²) in [6.45, 7) is 5.03. The number of amides is 2. The summed E-state index contributed by atoms with van der Waals surface area (Å²) in [7, 11) is 0. The van der Waals surface area contributed by atoms with Crippen molar-refractivity contribution in [3.63, 3.8) is 0 Å². The van der Waals surface area contributed by atoms with Gasteiger partial charge in [-0.2, -0.15) is 0 Å². The van der Waals surface area contributed by atoms with Crippen LogP contribution in [0.15, 0.2) is 48.5 Å². The summed E-state index contributed by atoms with van der Waals surface area (Å²) in [5.41, 5.74) is 4.07. The molecule has 1 aliphatic heterocycles. The third-order valence-corrected chi connectivity index (χ3v) is 7.89. The number of thiazole rings is 1. The first-order valence-corrected chi connectivity index (χ1v) is 13.1. The molecule has 4 aromatic rings. The molecule has 35 heavy (non-hydrogen) atoms. The van der Waals surface area contributed by atoms with Gasteiger partial charge in [0.05, 0.1) is 23.4 Å². The number of ether oxygens (including phenoxy) is 2. The Kier molecular flexibility index (Phi) is 6.70. The van der Waals surface area contributed by atoms with Gasteiger partial charge in [0, 0.05) is 17.0 Å². The van der Waals surface area contributed by atoms with Gasteiger partial charge in [-0.3, -0.25) is 4.79 Å². The van der Waals surface area contributed by atoms with Gasteiger partial charge in [0.1, 0.15) is 15.8 Å². The average molecular weight is 508 g/mol. The van der Waals surface area contributed by atoms with Gasteiger partial charge in [0.2, 0.25) is 0 Å². The number of para-hydroxylation sites is 1. The number of hydrogen-bond acceptors (Lipinski definition) is 7. The molecule has 0 spiro atoms. The summed E-state index contributed by atoms with van der Waals surface area (Å²) >= 11 is 3.09. The highest BCUT2D eigenvalue weighted by Crippen LogP contribution is 2.45. The molecule has 5 rings (SSSR count). The third kappa shape index (κ3) is 5.01. The third-order valence-electron chi connectivity index (χ3n) is 5.70. The Morgan fingerprint density at radius 1 is 1.14 bits per heavy atom. The Morgan fingerprint density at radius 3 is 2.80 bits per heavy atom. The minimum absolute atomic E-state index is 0.0970. The summed E-state index contributed by atoms with van der Waals surface area (Å²) in [6.07, 6.45) is 0.358. The van der Waals surface area contributed by atoms with E-state index in [0.717, 1.165) is 41.8 Å². The van der Waals surface area contributed by atoms with Crippen LogP contribution in [0, 0.1) is 6.92 Å². The van der Waals surface area contributed by atoms with Crippen LogP contribution in [0.25, 0.3) is 20.8 Å². The number of benzene rings is 2. The Labute approximate surface area is 211 Å². The highest BCUT2D eigenvalue weighted by Gasteiger charge is 2.30. The summed E-state index contributed by atoms with van der Waals surface area (Å²) in [6, 6.07) is 15.6. The number of aromatic nitrogens is 1. The zero-order chi connectivity index (χ0) is 24.4. The molecular formula is C26H25N3O4S2. The first-order valence-electron chi connectivity index (χ1n) is 11.4. The number of thiophene rings is 1. The molecule has 0 unspecified atom stereocenters. The Bertz CT molecular complexity index is 1360. The molecular weight excluding hydrogens is 482 g/mol. The van der Waals surface area contributed by atoms with E-state index in [4.69, 9.17) is 14.5 Å². The number of carbonyl (C=O) groups excluding carboxylic acids is 2. The lowest BCUT2D eigenvalue weighted by Crippen LogP contribution is -2.35. The van der Waals surface area contributed by atoms with Gasteiger partial charge in [-0.15, -0.1) is 22.7 Å². The van der Waals surface area contributed by atoms with E-state index >= 15 is 0 Å². The topological polar surface area (TPSA) is 80.8 Å². The molecule has 0 fully saturated rings. The summed E-state index contributed by atoms with van der Waals surface area (Å²) in [5.74, 6) is 0.414. The second kappa shape index (κ2) is 10.1. The average Bonchev–Trinajstić information content (AvgIpc) is 3.43. The quantitative estimate of drug-likeness (QED) is 0.353. The number of anilines is 1. The molecule has 1 aliphatic rings. The SMILES string of the molecule is CCOC(=O)N1CCc2c(sc(NC(=O)COc3cccc(C)c3)c2-c2nc3ccccc3s2)C1. The van der Waals surface area contributed by atoms with E-state index in [1.54, 1.807) is 23.2 Å². The van der Waals surface area contributed by atoms with Crippen LogP contribution >= 0.6 is 22.7 Å². The molecule has 0 atom stereocenters. The molecule has 2 amide bonds. The molecule has 9 heteroatoms. The fourth-order valence-corrected chi connectivity index (χ4v) is 6.47. The van der Waals surface area contributed by atoms with Crippen LogP contribution < -0.4 is 10.1 Å². The molecule has 2 aromatic heterocycles. The smallest absolute Gasteiger partial charge is 0.410 e. The van der Waals surface area contributed by atoms with Gasteiger partial charge in [-0.25, -0.2) is 9.78 Å². The monoisotopic (exact) mass is 507 g/mol. The molecule has 180 valence electrons. The van der Waals surface area contributed by atoms with Crippen LogP contribution in [0.4, 0.5) is 9.80 Å². The normalized spacial score (nSPS) is 12.9. The number of hydrogen-bond donors (Lipinski definition) is 1. The van der Waals surface area contributed by atoms with Crippen LogP contribution in [0.1, 0.15) is 22.9 Å². The first-order chi connectivity index (χ1) is 17.0. The lowest BCUT2D eigenvalue weighted by Gasteiger charge is -2.26. The molecule has 0 radical (unpaired) electrons. The largest absolute Gasteiger partial charge is 0.484 e.